The molecule has 0 aliphatic heterocycles. The summed E-state index contributed by atoms with van der Waals surface area (Å²) < 4.78 is 44.2. The zero-order valence-electron chi connectivity index (χ0n) is 17.2. The summed E-state index contributed by atoms with van der Waals surface area (Å²) in [6.45, 7) is 7.78. The van der Waals surface area contributed by atoms with Gasteiger partial charge in [-0.25, -0.2) is 9.79 Å². The summed E-state index contributed by atoms with van der Waals surface area (Å²) in [6.07, 6.45) is -2.73. The molecule has 0 heterocycles. The maximum atomic E-state index is 13.0. The molecule has 0 amide bonds. The van der Waals surface area contributed by atoms with Crippen LogP contribution in [0.4, 0.5) is 18.9 Å². The van der Waals surface area contributed by atoms with Gasteiger partial charge in [-0.15, -0.1) is 0 Å². The van der Waals surface area contributed by atoms with Crippen molar-refractivity contribution in [1.29, 1.82) is 0 Å². The Morgan fingerprint density at radius 2 is 1.79 bits per heavy atom. The van der Waals surface area contributed by atoms with Gasteiger partial charge < -0.3 is 9.64 Å². The van der Waals surface area contributed by atoms with E-state index in [0.29, 0.717) is 22.3 Å². The Bertz CT molecular complexity index is 921. The number of esters is 1. The molecule has 0 bridgehead atoms. The summed E-state index contributed by atoms with van der Waals surface area (Å²) in [4.78, 5) is 18.8. The number of hydrogen-bond acceptors (Lipinski definition) is 3. The highest BCUT2D eigenvalue weighted by Gasteiger charge is 2.31. The molecule has 29 heavy (non-hydrogen) atoms. The van der Waals surface area contributed by atoms with Crippen molar-refractivity contribution >= 4 is 18.0 Å². The number of nitrogens with zero attached hydrogens (tertiary/aromatic N) is 2. The first-order chi connectivity index (χ1) is 13.5. The summed E-state index contributed by atoms with van der Waals surface area (Å²) in [7, 11) is 1.91. The molecule has 2 rings (SSSR count). The van der Waals surface area contributed by atoms with E-state index in [4.69, 9.17) is 4.74 Å². The Labute approximate surface area is 169 Å². The molecule has 2 aromatic carbocycles. The molecule has 0 N–H and O–H groups in total. The molecule has 156 valence electrons. The topological polar surface area (TPSA) is 41.9 Å². The van der Waals surface area contributed by atoms with Gasteiger partial charge in [-0.2, -0.15) is 13.2 Å². The smallest absolute Gasteiger partial charge is 0.416 e. The van der Waals surface area contributed by atoms with Crippen molar-refractivity contribution in [3.63, 3.8) is 0 Å². The Balaban J connectivity index is 2.17. The van der Waals surface area contributed by atoms with E-state index in [-0.39, 0.29) is 6.61 Å². The van der Waals surface area contributed by atoms with Gasteiger partial charge in [0.2, 0.25) is 0 Å². The maximum Gasteiger partial charge on any atom is 0.416 e. The van der Waals surface area contributed by atoms with Crippen LogP contribution in [0.3, 0.4) is 0 Å². The van der Waals surface area contributed by atoms with Crippen molar-refractivity contribution in [2.75, 3.05) is 13.6 Å². The molecule has 7 heteroatoms. The van der Waals surface area contributed by atoms with Gasteiger partial charge in [0.15, 0.2) is 0 Å². The predicted molar refractivity (Wildman–Crippen MR) is 108 cm³/mol. The number of rotatable bonds is 6. The molecule has 0 aromatic heterocycles. The lowest BCUT2D eigenvalue weighted by atomic mass is 10.0. The van der Waals surface area contributed by atoms with E-state index >= 15 is 0 Å². The molecular weight excluding hydrogens is 381 g/mol. The molecule has 0 spiro atoms. The minimum Gasteiger partial charge on any atom is -0.457 e. The van der Waals surface area contributed by atoms with E-state index in [1.165, 1.54) is 0 Å². The van der Waals surface area contributed by atoms with Gasteiger partial charge in [0, 0.05) is 13.6 Å². The Kier molecular flexibility index (Phi) is 7.06. The van der Waals surface area contributed by atoms with Crippen LogP contribution in [-0.4, -0.2) is 30.8 Å². The molecule has 0 unspecified atom stereocenters. The Hall–Kier alpha value is -2.83. The summed E-state index contributed by atoms with van der Waals surface area (Å²) in [6, 6.07) is 7.12. The number of alkyl halides is 3. The number of hydrogen-bond donors (Lipinski definition) is 0. The minimum absolute atomic E-state index is 0.233. The fraction of sp³-hybridized carbons (Fsp3) is 0.364. The predicted octanol–water partition coefficient (Wildman–Crippen LogP) is 5.60. The van der Waals surface area contributed by atoms with Crippen LogP contribution in [0.5, 0.6) is 0 Å². The van der Waals surface area contributed by atoms with Crippen LogP contribution in [0.1, 0.15) is 45.1 Å². The van der Waals surface area contributed by atoms with E-state index in [2.05, 4.69) is 4.99 Å². The molecule has 0 aliphatic carbocycles. The molecule has 0 aliphatic rings. The lowest BCUT2D eigenvalue weighted by Gasteiger charge is -2.13. The van der Waals surface area contributed by atoms with Crippen molar-refractivity contribution in [3.05, 3.63) is 63.7 Å². The number of aryl methyl sites for hydroxylation is 3. The van der Waals surface area contributed by atoms with Crippen molar-refractivity contribution in [2.45, 2.75) is 40.5 Å². The third-order valence-electron chi connectivity index (χ3n) is 4.49. The fourth-order valence-electron chi connectivity index (χ4n) is 2.74. The summed E-state index contributed by atoms with van der Waals surface area (Å²) in [5, 5.41) is 0. The highest BCUT2D eigenvalue weighted by molar-refractivity contribution is 5.92. The van der Waals surface area contributed by atoms with E-state index in [9.17, 15) is 18.0 Å². The average molecular weight is 406 g/mol. The van der Waals surface area contributed by atoms with E-state index in [1.807, 2.05) is 25.8 Å². The van der Waals surface area contributed by atoms with Crippen LogP contribution < -0.4 is 0 Å². The quantitative estimate of drug-likeness (QED) is 0.356. The van der Waals surface area contributed by atoms with Crippen molar-refractivity contribution in [2.24, 2.45) is 4.99 Å². The number of carbonyl (C=O) groups excluding carboxylic acids is 1. The van der Waals surface area contributed by atoms with E-state index in [1.54, 1.807) is 38.4 Å². The Morgan fingerprint density at radius 1 is 1.10 bits per heavy atom. The van der Waals surface area contributed by atoms with Gasteiger partial charge in [-0.3, -0.25) is 0 Å². The van der Waals surface area contributed by atoms with Crippen LogP contribution >= 0.6 is 0 Å². The van der Waals surface area contributed by atoms with Crippen molar-refractivity contribution < 1.29 is 22.7 Å². The second kappa shape index (κ2) is 9.11. The minimum atomic E-state index is -4.44. The van der Waals surface area contributed by atoms with Gasteiger partial charge in [-0.1, -0.05) is 11.6 Å². The van der Waals surface area contributed by atoms with Crippen molar-refractivity contribution in [1.82, 2.24) is 4.90 Å². The number of carbonyl (C=O) groups is 1. The highest BCUT2D eigenvalue weighted by atomic mass is 19.4. The molecule has 0 radical (unpaired) electrons. The molecule has 0 saturated heterocycles. The number of halogens is 3. The first-order valence-electron chi connectivity index (χ1n) is 9.21. The molecule has 4 nitrogen and oxygen atoms in total. The monoisotopic (exact) mass is 406 g/mol. The van der Waals surface area contributed by atoms with Crippen LogP contribution in [0.2, 0.25) is 0 Å². The summed E-state index contributed by atoms with van der Waals surface area (Å²) in [5.74, 6) is -0.582. The zero-order chi connectivity index (χ0) is 21.8. The number of benzene rings is 2. The first kappa shape index (κ1) is 22.5. The van der Waals surface area contributed by atoms with Crippen LogP contribution in [0.15, 0.2) is 35.3 Å². The normalized spacial score (nSPS) is 11.7. The van der Waals surface area contributed by atoms with Gasteiger partial charge in [0.05, 0.1) is 23.2 Å². The highest BCUT2D eigenvalue weighted by Crippen LogP contribution is 2.31. The third-order valence-corrected chi connectivity index (χ3v) is 4.49. The van der Waals surface area contributed by atoms with Gasteiger partial charge in [-0.05, 0) is 68.7 Å². The van der Waals surface area contributed by atoms with E-state index in [0.717, 1.165) is 29.9 Å². The summed E-state index contributed by atoms with van der Waals surface area (Å²) >= 11 is 0. The SMILES string of the molecule is CCN(C)/C=N/c1cc(C)c(C(=O)OCc2cc(C)cc(C(F)(F)F)c2)cc1C. The standard InChI is InChI=1S/C22H25F3N2O2/c1-6-27(5)13-26-20-10-15(3)19(9-16(20)4)21(28)29-12-17-7-14(2)8-18(11-17)22(23,24)25/h7-11,13H,6,12H2,1-5H3/b26-13+. The maximum absolute atomic E-state index is 13.0. The molecular formula is C22H25F3N2O2. The first-order valence-corrected chi connectivity index (χ1v) is 9.21. The van der Waals surface area contributed by atoms with Crippen LogP contribution in [0, 0.1) is 20.8 Å². The van der Waals surface area contributed by atoms with Gasteiger partial charge in [0.25, 0.3) is 0 Å². The molecule has 0 saturated carbocycles. The largest absolute Gasteiger partial charge is 0.457 e. The molecule has 0 atom stereocenters. The van der Waals surface area contributed by atoms with Crippen molar-refractivity contribution in [3.8, 4) is 0 Å². The second-order valence-electron chi connectivity index (χ2n) is 7.05. The van der Waals surface area contributed by atoms with Gasteiger partial charge in [0.1, 0.15) is 6.61 Å². The van der Waals surface area contributed by atoms with Gasteiger partial charge >= 0.3 is 12.1 Å². The Morgan fingerprint density at radius 3 is 2.41 bits per heavy atom. The van der Waals surface area contributed by atoms with Crippen LogP contribution in [0.25, 0.3) is 0 Å². The average Bonchev–Trinajstić information content (AvgIpc) is 2.65. The van der Waals surface area contributed by atoms with Crippen LogP contribution in [-0.2, 0) is 17.5 Å². The summed E-state index contributed by atoms with van der Waals surface area (Å²) in [5.41, 5.74) is 2.60. The molecule has 0 fully saturated rings. The third kappa shape index (κ3) is 6.07. The van der Waals surface area contributed by atoms with E-state index < -0.39 is 17.7 Å². The fourth-order valence-corrected chi connectivity index (χ4v) is 2.74. The number of aliphatic imine (C=N–C) groups is 1. The molecule has 2 aromatic rings. The number of ether oxygens (including phenoxy) is 1. The zero-order valence-corrected chi connectivity index (χ0v) is 17.2. The second-order valence-corrected chi connectivity index (χ2v) is 7.05. The lowest BCUT2D eigenvalue weighted by molar-refractivity contribution is -0.137. The lowest BCUT2D eigenvalue weighted by Crippen LogP contribution is -2.14.